The largest absolute Gasteiger partial charge is 0.507 e. The lowest BCUT2D eigenvalue weighted by molar-refractivity contribution is 0.0693. The van der Waals surface area contributed by atoms with Crippen LogP contribution in [-0.4, -0.2) is 45.1 Å². The van der Waals surface area contributed by atoms with Crippen LogP contribution >= 0.6 is 0 Å². The minimum Gasteiger partial charge on any atom is -0.507 e. The SMILES string of the molecule is COc1ccc(O)c(-c2cn(-c3ccc(OC)c(C(=O)O)c3)c(-c3ccccc3O)n2)c1. The standard InChI is InChI=1S/C24H20N2O6/c1-31-15-8-9-21(28)17(12-15)19-13-26(23(25-19)16-5-3-4-6-20(16)27)14-7-10-22(32-2)18(11-14)24(29)30/h3-13,27-28H,1-2H3,(H,29,30). The number of phenolic OH excluding ortho intramolecular Hbond substituents is 2. The summed E-state index contributed by atoms with van der Waals surface area (Å²) in [5, 5.41) is 30.4. The van der Waals surface area contributed by atoms with Crippen LogP contribution in [0.5, 0.6) is 23.0 Å². The molecule has 0 saturated heterocycles. The predicted molar refractivity (Wildman–Crippen MR) is 118 cm³/mol. The summed E-state index contributed by atoms with van der Waals surface area (Å²) in [6.07, 6.45) is 1.66. The van der Waals surface area contributed by atoms with E-state index in [4.69, 9.17) is 9.47 Å². The fraction of sp³-hybridized carbons (Fsp3) is 0.0833. The number of methoxy groups -OCH3 is 2. The van der Waals surface area contributed by atoms with E-state index in [-0.39, 0.29) is 22.8 Å². The Morgan fingerprint density at radius 1 is 0.906 bits per heavy atom. The highest BCUT2D eigenvalue weighted by atomic mass is 16.5. The van der Waals surface area contributed by atoms with Crippen LogP contribution in [0.3, 0.4) is 0 Å². The Hall–Kier alpha value is -4.46. The Balaban J connectivity index is 1.97. The van der Waals surface area contributed by atoms with Crippen molar-refractivity contribution in [2.24, 2.45) is 0 Å². The van der Waals surface area contributed by atoms with Crippen LogP contribution in [0.25, 0.3) is 28.3 Å². The summed E-state index contributed by atoms with van der Waals surface area (Å²) >= 11 is 0. The molecule has 3 aromatic carbocycles. The third-order valence-corrected chi connectivity index (χ3v) is 5.02. The number of carbonyl (C=O) groups is 1. The second kappa shape index (κ2) is 8.35. The molecule has 0 aliphatic heterocycles. The fourth-order valence-corrected chi connectivity index (χ4v) is 3.42. The molecule has 32 heavy (non-hydrogen) atoms. The molecule has 0 spiro atoms. The van der Waals surface area contributed by atoms with Crippen molar-refractivity contribution in [2.75, 3.05) is 14.2 Å². The Kier molecular flexibility index (Phi) is 5.43. The fourth-order valence-electron chi connectivity index (χ4n) is 3.42. The van der Waals surface area contributed by atoms with E-state index in [0.29, 0.717) is 34.1 Å². The molecule has 1 heterocycles. The van der Waals surface area contributed by atoms with Gasteiger partial charge in [-0.1, -0.05) is 12.1 Å². The Bertz CT molecular complexity index is 1310. The van der Waals surface area contributed by atoms with Crippen LogP contribution in [0.1, 0.15) is 10.4 Å². The van der Waals surface area contributed by atoms with Crippen molar-refractivity contribution in [3.8, 4) is 51.3 Å². The number of hydrogen-bond acceptors (Lipinski definition) is 6. The molecule has 3 N–H and O–H groups in total. The summed E-state index contributed by atoms with van der Waals surface area (Å²) in [5.74, 6) is -0.0152. The van der Waals surface area contributed by atoms with E-state index in [1.807, 2.05) is 0 Å². The summed E-state index contributed by atoms with van der Waals surface area (Å²) in [6, 6.07) is 16.2. The van der Waals surface area contributed by atoms with Crippen LogP contribution < -0.4 is 9.47 Å². The first kappa shape index (κ1) is 20.8. The molecule has 0 saturated carbocycles. The van der Waals surface area contributed by atoms with E-state index in [2.05, 4.69) is 4.98 Å². The van der Waals surface area contributed by atoms with Crippen LogP contribution in [0.4, 0.5) is 0 Å². The van der Waals surface area contributed by atoms with Gasteiger partial charge in [-0.2, -0.15) is 0 Å². The molecular weight excluding hydrogens is 412 g/mol. The first-order chi connectivity index (χ1) is 15.4. The first-order valence-electron chi connectivity index (χ1n) is 9.59. The van der Waals surface area contributed by atoms with E-state index in [1.165, 1.54) is 32.4 Å². The van der Waals surface area contributed by atoms with Gasteiger partial charge >= 0.3 is 5.97 Å². The molecule has 0 amide bonds. The number of aromatic carboxylic acids is 1. The number of aromatic nitrogens is 2. The van der Waals surface area contributed by atoms with Gasteiger partial charge in [0.1, 0.15) is 34.4 Å². The first-order valence-corrected chi connectivity index (χ1v) is 9.59. The van der Waals surface area contributed by atoms with Gasteiger partial charge in [0, 0.05) is 17.4 Å². The second-order valence-electron chi connectivity index (χ2n) is 6.91. The molecular formula is C24H20N2O6. The zero-order chi connectivity index (χ0) is 22.8. The van der Waals surface area contributed by atoms with Gasteiger partial charge in [-0.25, -0.2) is 9.78 Å². The lowest BCUT2D eigenvalue weighted by Crippen LogP contribution is -2.03. The molecule has 4 rings (SSSR count). The van der Waals surface area contributed by atoms with E-state index >= 15 is 0 Å². The summed E-state index contributed by atoms with van der Waals surface area (Å²) in [5.41, 5.74) is 1.74. The quantitative estimate of drug-likeness (QED) is 0.415. The molecule has 4 aromatic rings. The Morgan fingerprint density at radius 3 is 2.34 bits per heavy atom. The highest BCUT2D eigenvalue weighted by Gasteiger charge is 2.20. The minimum absolute atomic E-state index is 0.000222. The van der Waals surface area contributed by atoms with Gasteiger partial charge in [0.15, 0.2) is 0 Å². The Labute approximate surface area is 183 Å². The average molecular weight is 432 g/mol. The van der Waals surface area contributed by atoms with E-state index in [0.717, 1.165) is 0 Å². The topological polar surface area (TPSA) is 114 Å². The number of aromatic hydroxyl groups is 2. The van der Waals surface area contributed by atoms with Crippen molar-refractivity contribution in [1.82, 2.24) is 9.55 Å². The highest BCUT2D eigenvalue weighted by molar-refractivity contribution is 5.91. The average Bonchev–Trinajstić information content (AvgIpc) is 3.24. The lowest BCUT2D eigenvalue weighted by atomic mass is 10.1. The maximum atomic E-state index is 11.7. The van der Waals surface area contributed by atoms with Crippen molar-refractivity contribution in [3.05, 3.63) is 72.4 Å². The number of phenols is 2. The van der Waals surface area contributed by atoms with Crippen molar-refractivity contribution in [1.29, 1.82) is 0 Å². The van der Waals surface area contributed by atoms with Gasteiger partial charge in [-0.3, -0.25) is 4.57 Å². The summed E-state index contributed by atoms with van der Waals surface area (Å²) in [6.45, 7) is 0. The maximum Gasteiger partial charge on any atom is 0.339 e. The van der Waals surface area contributed by atoms with Gasteiger partial charge in [0.05, 0.1) is 25.5 Å². The molecule has 0 radical (unpaired) electrons. The molecule has 0 bridgehead atoms. The number of carboxylic acids is 1. The van der Waals surface area contributed by atoms with E-state index in [1.54, 1.807) is 53.2 Å². The molecule has 162 valence electrons. The van der Waals surface area contributed by atoms with Crippen molar-refractivity contribution < 1.29 is 29.6 Å². The summed E-state index contributed by atoms with van der Waals surface area (Å²) < 4.78 is 12.1. The number of ether oxygens (including phenoxy) is 2. The van der Waals surface area contributed by atoms with Crippen LogP contribution in [-0.2, 0) is 0 Å². The minimum atomic E-state index is -1.14. The normalized spacial score (nSPS) is 10.7. The zero-order valence-electron chi connectivity index (χ0n) is 17.3. The number of imidazole rings is 1. The molecule has 8 nitrogen and oxygen atoms in total. The van der Waals surface area contributed by atoms with Gasteiger partial charge < -0.3 is 24.8 Å². The molecule has 0 fully saturated rings. The smallest absolute Gasteiger partial charge is 0.339 e. The molecule has 8 heteroatoms. The summed E-state index contributed by atoms with van der Waals surface area (Å²) in [7, 11) is 2.92. The number of rotatable bonds is 6. The number of carboxylic acid groups (broad SMARTS) is 1. The van der Waals surface area contributed by atoms with Gasteiger partial charge in [-0.15, -0.1) is 0 Å². The third-order valence-electron chi connectivity index (χ3n) is 5.02. The number of hydrogen-bond donors (Lipinski definition) is 3. The maximum absolute atomic E-state index is 11.7. The molecule has 0 aliphatic carbocycles. The van der Waals surface area contributed by atoms with Crippen molar-refractivity contribution in [3.63, 3.8) is 0 Å². The molecule has 0 aliphatic rings. The highest BCUT2D eigenvalue weighted by Crippen LogP contribution is 2.37. The van der Waals surface area contributed by atoms with Gasteiger partial charge in [0.25, 0.3) is 0 Å². The van der Waals surface area contributed by atoms with E-state index < -0.39 is 5.97 Å². The molecule has 0 atom stereocenters. The number of para-hydroxylation sites is 1. The molecule has 0 unspecified atom stereocenters. The molecule has 1 aromatic heterocycles. The number of nitrogens with zero attached hydrogens (tertiary/aromatic N) is 2. The van der Waals surface area contributed by atoms with E-state index in [9.17, 15) is 20.1 Å². The van der Waals surface area contributed by atoms with Crippen LogP contribution in [0.2, 0.25) is 0 Å². The predicted octanol–water partition coefficient (Wildman–Crippen LogP) is 4.33. The lowest BCUT2D eigenvalue weighted by Gasteiger charge is -2.11. The van der Waals surface area contributed by atoms with Crippen LogP contribution in [0, 0.1) is 0 Å². The van der Waals surface area contributed by atoms with Crippen molar-refractivity contribution >= 4 is 5.97 Å². The van der Waals surface area contributed by atoms with Crippen LogP contribution in [0.15, 0.2) is 66.9 Å². The Morgan fingerprint density at radius 2 is 1.66 bits per heavy atom. The van der Waals surface area contributed by atoms with Crippen molar-refractivity contribution in [2.45, 2.75) is 0 Å². The third kappa shape index (κ3) is 3.69. The summed E-state index contributed by atoms with van der Waals surface area (Å²) in [4.78, 5) is 16.4. The van der Waals surface area contributed by atoms with Gasteiger partial charge in [-0.05, 0) is 48.5 Å². The zero-order valence-corrected chi connectivity index (χ0v) is 17.3. The number of benzene rings is 3. The monoisotopic (exact) mass is 432 g/mol. The van der Waals surface area contributed by atoms with Gasteiger partial charge in [0.2, 0.25) is 0 Å². The second-order valence-corrected chi connectivity index (χ2v) is 6.91.